The lowest BCUT2D eigenvalue weighted by Gasteiger charge is -2.19. The maximum atomic E-state index is 4.26. The Kier molecular flexibility index (Phi) is 5.20. The van der Waals surface area contributed by atoms with Gasteiger partial charge in [0.05, 0.1) is 6.20 Å². The molecule has 0 unspecified atom stereocenters. The summed E-state index contributed by atoms with van der Waals surface area (Å²) in [5.74, 6) is 0. The second-order valence-corrected chi connectivity index (χ2v) is 5.31. The number of hydrogen-bond donors (Lipinski definition) is 1. The van der Waals surface area contributed by atoms with Crippen molar-refractivity contribution in [1.29, 1.82) is 0 Å². The summed E-state index contributed by atoms with van der Waals surface area (Å²) in [4.78, 5) is 2.59. The Bertz CT molecular complexity index is 351. The maximum absolute atomic E-state index is 4.26. The molecule has 0 radical (unpaired) electrons. The minimum Gasteiger partial charge on any atom is -0.311 e. The lowest BCUT2D eigenvalue weighted by atomic mass is 10.2. The highest BCUT2D eigenvalue weighted by Crippen LogP contribution is 2.09. The van der Waals surface area contributed by atoms with E-state index >= 15 is 0 Å². The number of aryl methyl sites for hydroxylation is 1. The van der Waals surface area contributed by atoms with Crippen LogP contribution < -0.4 is 5.32 Å². The van der Waals surface area contributed by atoms with E-state index in [4.69, 9.17) is 0 Å². The van der Waals surface area contributed by atoms with Gasteiger partial charge in [-0.3, -0.25) is 4.68 Å². The zero-order valence-corrected chi connectivity index (χ0v) is 11.8. The first-order valence-corrected chi connectivity index (χ1v) is 7.18. The van der Waals surface area contributed by atoms with Crippen molar-refractivity contribution in [1.82, 2.24) is 20.0 Å². The highest BCUT2D eigenvalue weighted by Gasteiger charge is 2.08. The summed E-state index contributed by atoms with van der Waals surface area (Å²) < 4.78 is 1.94. The first kappa shape index (κ1) is 13.6. The standard InChI is InChI=1S/C14H26N4/c1-13-14(12-16-17(13)2)11-15-7-10-18-8-5-3-4-6-9-18/h12,15H,3-11H2,1-2H3. The molecule has 0 aromatic carbocycles. The van der Waals surface area contributed by atoms with Crippen molar-refractivity contribution in [3.63, 3.8) is 0 Å². The van der Waals surface area contributed by atoms with Gasteiger partial charge in [-0.15, -0.1) is 0 Å². The van der Waals surface area contributed by atoms with Crippen molar-refractivity contribution in [3.05, 3.63) is 17.5 Å². The Morgan fingerprint density at radius 3 is 2.56 bits per heavy atom. The Labute approximate surface area is 110 Å². The van der Waals surface area contributed by atoms with Crippen molar-refractivity contribution in [2.24, 2.45) is 7.05 Å². The van der Waals surface area contributed by atoms with Crippen LogP contribution >= 0.6 is 0 Å². The van der Waals surface area contributed by atoms with Gasteiger partial charge in [-0.2, -0.15) is 5.10 Å². The molecular weight excluding hydrogens is 224 g/mol. The third-order valence-electron chi connectivity index (χ3n) is 3.96. The molecule has 1 aliphatic rings. The molecule has 0 bridgehead atoms. The minimum atomic E-state index is 0.938. The Morgan fingerprint density at radius 2 is 1.94 bits per heavy atom. The molecule has 0 atom stereocenters. The van der Waals surface area contributed by atoms with Gasteiger partial charge < -0.3 is 10.2 Å². The van der Waals surface area contributed by atoms with Crippen LogP contribution in [0, 0.1) is 6.92 Å². The summed E-state index contributed by atoms with van der Waals surface area (Å²) in [6, 6.07) is 0. The molecule has 102 valence electrons. The van der Waals surface area contributed by atoms with Crippen LogP contribution in [0.5, 0.6) is 0 Å². The average molecular weight is 250 g/mol. The molecule has 1 aromatic heterocycles. The van der Waals surface area contributed by atoms with E-state index in [2.05, 4.69) is 22.2 Å². The number of likely N-dealkylation sites (tertiary alicyclic amines) is 1. The van der Waals surface area contributed by atoms with E-state index in [1.807, 2.05) is 17.9 Å². The van der Waals surface area contributed by atoms with Crippen molar-refractivity contribution >= 4 is 0 Å². The molecule has 0 aliphatic carbocycles. The predicted molar refractivity (Wildman–Crippen MR) is 74.6 cm³/mol. The van der Waals surface area contributed by atoms with Crippen LogP contribution in [0.1, 0.15) is 36.9 Å². The van der Waals surface area contributed by atoms with E-state index in [1.54, 1.807) is 0 Å². The van der Waals surface area contributed by atoms with Gasteiger partial charge in [-0.05, 0) is 32.9 Å². The maximum Gasteiger partial charge on any atom is 0.0537 e. The van der Waals surface area contributed by atoms with Crippen LogP contribution in [0.2, 0.25) is 0 Å². The van der Waals surface area contributed by atoms with Crippen LogP contribution in [0.3, 0.4) is 0 Å². The summed E-state index contributed by atoms with van der Waals surface area (Å²) >= 11 is 0. The average Bonchev–Trinajstić information content (AvgIpc) is 2.62. The number of rotatable bonds is 5. The van der Waals surface area contributed by atoms with Gasteiger partial charge in [0.15, 0.2) is 0 Å². The van der Waals surface area contributed by atoms with Gasteiger partial charge in [-0.25, -0.2) is 0 Å². The third-order valence-corrected chi connectivity index (χ3v) is 3.96. The fourth-order valence-electron chi connectivity index (χ4n) is 2.54. The summed E-state index contributed by atoms with van der Waals surface area (Å²) in [5.41, 5.74) is 2.57. The lowest BCUT2D eigenvalue weighted by molar-refractivity contribution is 0.284. The fourth-order valence-corrected chi connectivity index (χ4v) is 2.54. The molecule has 0 spiro atoms. The molecule has 2 rings (SSSR count). The molecule has 1 aliphatic heterocycles. The van der Waals surface area contributed by atoms with Crippen molar-refractivity contribution in [3.8, 4) is 0 Å². The van der Waals surface area contributed by atoms with E-state index in [0.29, 0.717) is 0 Å². The second kappa shape index (κ2) is 6.90. The first-order valence-electron chi connectivity index (χ1n) is 7.18. The van der Waals surface area contributed by atoms with Crippen LogP contribution in [-0.2, 0) is 13.6 Å². The van der Waals surface area contributed by atoms with E-state index in [1.165, 1.54) is 56.6 Å². The highest BCUT2D eigenvalue weighted by molar-refractivity contribution is 5.15. The molecule has 1 aromatic rings. The summed E-state index contributed by atoms with van der Waals surface area (Å²) in [6.45, 7) is 7.89. The van der Waals surface area contributed by atoms with Gasteiger partial charge >= 0.3 is 0 Å². The molecule has 1 N–H and O–H groups in total. The molecule has 18 heavy (non-hydrogen) atoms. The quantitative estimate of drug-likeness (QED) is 0.807. The smallest absolute Gasteiger partial charge is 0.0537 e. The Morgan fingerprint density at radius 1 is 1.22 bits per heavy atom. The van der Waals surface area contributed by atoms with Crippen LogP contribution in [-0.4, -0.2) is 40.9 Å². The minimum absolute atomic E-state index is 0.938. The number of aromatic nitrogens is 2. The van der Waals surface area contributed by atoms with Gasteiger partial charge in [0.2, 0.25) is 0 Å². The van der Waals surface area contributed by atoms with Crippen molar-refractivity contribution in [2.45, 2.75) is 39.2 Å². The van der Waals surface area contributed by atoms with Gasteiger partial charge in [0, 0.05) is 37.9 Å². The molecule has 0 amide bonds. The monoisotopic (exact) mass is 250 g/mol. The zero-order valence-electron chi connectivity index (χ0n) is 11.8. The summed E-state index contributed by atoms with van der Waals surface area (Å²) in [7, 11) is 2.00. The zero-order chi connectivity index (χ0) is 12.8. The third kappa shape index (κ3) is 3.82. The number of nitrogens with zero attached hydrogens (tertiary/aromatic N) is 3. The normalized spacial score (nSPS) is 17.9. The van der Waals surface area contributed by atoms with Crippen LogP contribution in [0.25, 0.3) is 0 Å². The summed E-state index contributed by atoms with van der Waals surface area (Å²) in [6.07, 6.45) is 7.55. The molecule has 1 fully saturated rings. The Balaban J connectivity index is 1.65. The topological polar surface area (TPSA) is 33.1 Å². The molecule has 4 heteroatoms. The molecule has 0 saturated carbocycles. The predicted octanol–water partition coefficient (Wildman–Crippen LogP) is 1.69. The van der Waals surface area contributed by atoms with Gasteiger partial charge in [0.25, 0.3) is 0 Å². The lowest BCUT2D eigenvalue weighted by Crippen LogP contribution is -2.32. The second-order valence-electron chi connectivity index (χ2n) is 5.31. The molecule has 4 nitrogen and oxygen atoms in total. The molecule has 2 heterocycles. The number of hydrogen-bond acceptors (Lipinski definition) is 3. The SMILES string of the molecule is Cc1c(CNCCN2CCCCCC2)cnn1C. The van der Waals surface area contributed by atoms with E-state index in [-0.39, 0.29) is 0 Å². The van der Waals surface area contributed by atoms with E-state index in [0.717, 1.165) is 13.1 Å². The van der Waals surface area contributed by atoms with Gasteiger partial charge in [-0.1, -0.05) is 12.8 Å². The molecule has 1 saturated heterocycles. The van der Waals surface area contributed by atoms with Crippen molar-refractivity contribution in [2.75, 3.05) is 26.2 Å². The number of nitrogens with one attached hydrogen (secondary N) is 1. The Hall–Kier alpha value is -0.870. The van der Waals surface area contributed by atoms with Crippen LogP contribution in [0.15, 0.2) is 6.20 Å². The fraction of sp³-hybridized carbons (Fsp3) is 0.786. The van der Waals surface area contributed by atoms with Crippen molar-refractivity contribution < 1.29 is 0 Å². The first-order chi connectivity index (χ1) is 8.77. The van der Waals surface area contributed by atoms with E-state index < -0.39 is 0 Å². The molecular formula is C14H26N4. The highest BCUT2D eigenvalue weighted by atomic mass is 15.3. The van der Waals surface area contributed by atoms with Crippen LogP contribution in [0.4, 0.5) is 0 Å². The van der Waals surface area contributed by atoms with Gasteiger partial charge in [0.1, 0.15) is 0 Å². The largest absolute Gasteiger partial charge is 0.311 e. The summed E-state index contributed by atoms with van der Waals surface area (Å²) in [5, 5.41) is 7.79. The van der Waals surface area contributed by atoms with E-state index in [9.17, 15) is 0 Å².